The van der Waals surface area contributed by atoms with Crippen LogP contribution >= 0.6 is 0 Å². The summed E-state index contributed by atoms with van der Waals surface area (Å²) in [5.41, 5.74) is 0. The van der Waals surface area contributed by atoms with Crippen molar-refractivity contribution in [2.24, 2.45) is 0 Å². The van der Waals surface area contributed by atoms with E-state index >= 15 is 0 Å². The molecule has 0 bridgehead atoms. The molecular formula is C10H18N2O3. The first kappa shape index (κ1) is 12.0. The van der Waals surface area contributed by atoms with Crippen molar-refractivity contribution >= 4 is 11.9 Å². The number of β-lactam (4-membered cyclic amide) rings is 1. The number of unbranched alkanes of at least 4 members (excludes halogenated alkanes) is 2. The molecule has 1 aliphatic heterocycles. The van der Waals surface area contributed by atoms with Crippen LogP contribution in [0.25, 0.3) is 0 Å². The summed E-state index contributed by atoms with van der Waals surface area (Å²) in [6.07, 6.45) is 3.41. The zero-order chi connectivity index (χ0) is 11.3. The number of carbonyl (C=O) groups is 2. The first-order valence-electron chi connectivity index (χ1n) is 5.38. The van der Waals surface area contributed by atoms with Crippen LogP contribution in [0.2, 0.25) is 0 Å². The van der Waals surface area contributed by atoms with E-state index in [-0.39, 0.29) is 11.9 Å². The molecule has 1 heterocycles. The van der Waals surface area contributed by atoms with Crippen molar-refractivity contribution in [2.75, 3.05) is 13.1 Å². The van der Waals surface area contributed by atoms with Gasteiger partial charge in [0.1, 0.15) is 6.04 Å². The number of hydroxylamine groups is 2. The predicted octanol–water partition coefficient (Wildman–Crippen LogP) is 0.455. The Morgan fingerprint density at radius 2 is 2.33 bits per heavy atom. The molecular weight excluding hydrogens is 196 g/mol. The molecule has 1 N–H and O–H groups in total. The third kappa shape index (κ3) is 3.51. The Hall–Kier alpha value is -1.10. The van der Waals surface area contributed by atoms with Gasteiger partial charge in [0.05, 0.1) is 6.54 Å². The van der Waals surface area contributed by atoms with Gasteiger partial charge in [0.2, 0.25) is 0 Å². The summed E-state index contributed by atoms with van der Waals surface area (Å²) >= 11 is 0. The van der Waals surface area contributed by atoms with Gasteiger partial charge in [-0.1, -0.05) is 19.8 Å². The van der Waals surface area contributed by atoms with Crippen LogP contribution in [0.15, 0.2) is 0 Å². The molecule has 5 heteroatoms. The van der Waals surface area contributed by atoms with E-state index in [0.29, 0.717) is 6.54 Å². The fraction of sp³-hybridized carbons (Fsp3) is 0.800. The second kappa shape index (κ2) is 5.70. The van der Waals surface area contributed by atoms with E-state index in [0.717, 1.165) is 18.0 Å². The summed E-state index contributed by atoms with van der Waals surface area (Å²) in [4.78, 5) is 26.6. The summed E-state index contributed by atoms with van der Waals surface area (Å²) in [5.74, 6) is -0.602. The number of hydrogen-bond acceptors (Lipinski definition) is 4. The van der Waals surface area contributed by atoms with Crippen molar-refractivity contribution in [3.8, 4) is 0 Å². The number of hydrogen-bond donors (Lipinski definition) is 1. The van der Waals surface area contributed by atoms with E-state index < -0.39 is 5.97 Å². The predicted molar refractivity (Wildman–Crippen MR) is 54.8 cm³/mol. The second-order valence-corrected chi connectivity index (χ2v) is 3.70. The van der Waals surface area contributed by atoms with Crippen LogP contribution < -0.4 is 5.32 Å². The van der Waals surface area contributed by atoms with Gasteiger partial charge in [0.25, 0.3) is 5.91 Å². The zero-order valence-electron chi connectivity index (χ0n) is 9.28. The Bertz CT molecular complexity index is 243. The fourth-order valence-electron chi connectivity index (χ4n) is 1.44. The van der Waals surface area contributed by atoms with Crippen LogP contribution in [0.4, 0.5) is 0 Å². The average molecular weight is 214 g/mol. The van der Waals surface area contributed by atoms with Gasteiger partial charge in [0, 0.05) is 6.92 Å². The number of carbonyl (C=O) groups excluding carboxylic acids is 2. The maximum absolute atomic E-state index is 11.3. The van der Waals surface area contributed by atoms with Gasteiger partial charge in [-0.3, -0.25) is 9.59 Å². The molecule has 15 heavy (non-hydrogen) atoms. The molecule has 0 aromatic heterocycles. The van der Waals surface area contributed by atoms with Gasteiger partial charge < -0.3 is 10.2 Å². The average Bonchev–Trinajstić information content (AvgIpc) is 2.20. The Labute approximate surface area is 89.7 Å². The summed E-state index contributed by atoms with van der Waals surface area (Å²) in [6.45, 7) is 4.73. The molecule has 1 aliphatic rings. The minimum atomic E-state index is -0.451. The fourth-order valence-corrected chi connectivity index (χ4v) is 1.44. The van der Waals surface area contributed by atoms with Crippen LogP contribution in [-0.4, -0.2) is 36.1 Å². The quantitative estimate of drug-likeness (QED) is 0.515. The van der Waals surface area contributed by atoms with Crippen molar-refractivity contribution < 1.29 is 14.4 Å². The Morgan fingerprint density at radius 3 is 2.87 bits per heavy atom. The summed E-state index contributed by atoms with van der Waals surface area (Å²) in [5, 5.41) is 4.22. The topological polar surface area (TPSA) is 58.6 Å². The highest BCUT2D eigenvalue weighted by molar-refractivity contribution is 5.88. The second-order valence-electron chi connectivity index (χ2n) is 3.70. The van der Waals surface area contributed by atoms with Gasteiger partial charge in [-0.15, -0.1) is 0 Å². The van der Waals surface area contributed by atoms with Crippen LogP contribution in [0.3, 0.4) is 0 Å². The van der Waals surface area contributed by atoms with Crippen molar-refractivity contribution in [1.82, 2.24) is 10.4 Å². The molecule has 86 valence electrons. The molecule has 0 aromatic rings. The van der Waals surface area contributed by atoms with Gasteiger partial charge in [-0.2, -0.15) is 5.06 Å². The Morgan fingerprint density at radius 1 is 1.60 bits per heavy atom. The van der Waals surface area contributed by atoms with Gasteiger partial charge in [-0.05, 0) is 13.0 Å². The molecule has 0 aromatic carbocycles. The lowest BCUT2D eigenvalue weighted by molar-refractivity contribution is -0.215. The minimum Gasteiger partial charge on any atom is -0.338 e. The highest BCUT2D eigenvalue weighted by Crippen LogP contribution is 2.10. The molecule has 0 aliphatic carbocycles. The van der Waals surface area contributed by atoms with Crippen LogP contribution in [0, 0.1) is 0 Å². The molecule has 1 atom stereocenters. The van der Waals surface area contributed by atoms with Crippen molar-refractivity contribution in [3.63, 3.8) is 0 Å². The van der Waals surface area contributed by atoms with E-state index in [1.807, 2.05) is 0 Å². The molecule has 5 nitrogen and oxygen atoms in total. The van der Waals surface area contributed by atoms with Crippen molar-refractivity contribution in [1.29, 1.82) is 0 Å². The zero-order valence-corrected chi connectivity index (χ0v) is 9.28. The lowest BCUT2D eigenvalue weighted by Gasteiger charge is -2.36. The first-order chi connectivity index (χ1) is 7.15. The molecule has 0 spiro atoms. The maximum atomic E-state index is 11.3. The van der Waals surface area contributed by atoms with Crippen molar-refractivity contribution in [2.45, 2.75) is 39.2 Å². The van der Waals surface area contributed by atoms with Crippen LogP contribution in [0.5, 0.6) is 0 Å². The molecule has 1 unspecified atom stereocenters. The molecule has 1 fully saturated rings. The summed E-state index contributed by atoms with van der Waals surface area (Å²) in [6, 6.07) is -0.166. The minimum absolute atomic E-state index is 0.151. The third-order valence-corrected chi connectivity index (χ3v) is 2.30. The number of rotatable bonds is 6. The third-order valence-electron chi connectivity index (χ3n) is 2.30. The van der Waals surface area contributed by atoms with E-state index in [1.54, 1.807) is 0 Å². The molecule has 0 saturated carbocycles. The van der Waals surface area contributed by atoms with E-state index in [4.69, 9.17) is 0 Å². The van der Waals surface area contributed by atoms with Crippen LogP contribution in [0.1, 0.15) is 33.1 Å². The highest BCUT2D eigenvalue weighted by Gasteiger charge is 2.38. The van der Waals surface area contributed by atoms with Gasteiger partial charge in [0.15, 0.2) is 0 Å². The van der Waals surface area contributed by atoms with Crippen LogP contribution in [-0.2, 0) is 14.4 Å². The smallest absolute Gasteiger partial charge is 0.329 e. The lowest BCUT2D eigenvalue weighted by atomic mass is 10.1. The summed E-state index contributed by atoms with van der Waals surface area (Å²) < 4.78 is 0. The molecule has 1 rings (SSSR count). The Kier molecular flexibility index (Phi) is 4.55. The number of nitrogens with one attached hydrogen (secondary N) is 1. The maximum Gasteiger partial charge on any atom is 0.329 e. The molecule has 1 amide bonds. The van der Waals surface area contributed by atoms with E-state index in [2.05, 4.69) is 17.1 Å². The number of amides is 1. The number of nitrogens with zero attached hydrogens (tertiary/aromatic N) is 1. The Balaban J connectivity index is 2.10. The van der Waals surface area contributed by atoms with E-state index in [1.165, 1.54) is 19.8 Å². The standard InChI is InChI=1S/C10H18N2O3/c1-3-4-5-6-11-9-7-12(10(9)14)15-8(2)13/h9,11H,3-7H2,1-2H3. The van der Waals surface area contributed by atoms with Crippen molar-refractivity contribution in [3.05, 3.63) is 0 Å². The molecule has 1 saturated heterocycles. The first-order valence-corrected chi connectivity index (χ1v) is 5.38. The monoisotopic (exact) mass is 214 g/mol. The highest BCUT2D eigenvalue weighted by atomic mass is 16.7. The normalized spacial score (nSPS) is 20.0. The van der Waals surface area contributed by atoms with Gasteiger partial charge >= 0.3 is 5.97 Å². The largest absolute Gasteiger partial charge is 0.338 e. The molecule has 0 radical (unpaired) electrons. The SMILES string of the molecule is CCCCCNC1CN(OC(C)=O)C1=O. The summed E-state index contributed by atoms with van der Waals surface area (Å²) in [7, 11) is 0. The lowest BCUT2D eigenvalue weighted by Crippen LogP contribution is -2.62. The van der Waals surface area contributed by atoms with E-state index in [9.17, 15) is 9.59 Å². The van der Waals surface area contributed by atoms with Gasteiger partial charge in [-0.25, -0.2) is 0 Å².